The lowest BCUT2D eigenvalue weighted by atomic mass is 10.2. The fourth-order valence-corrected chi connectivity index (χ4v) is 2.35. The van der Waals surface area contributed by atoms with E-state index in [9.17, 15) is 0 Å². The first-order valence-electron chi connectivity index (χ1n) is 5.08. The van der Waals surface area contributed by atoms with Crippen molar-refractivity contribution in [3.63, 3.8) is 0 Å². The molecule has 0 spiro atoms. The van der Waals surface area contributed by atoms with Gasteiger partial charge in [0, 0.05) is 29.7 Å². The number of nitrogens with zero attached hydrogens (tertiary/aromatic N) is 2. The van der Waals surface area contributed by atoms with Crippen LogP contribution in [-0.4, -0.2) is 16.5 Å². The summed E-state index contributed by atoms with van der Waals surface area (Å²) < 4.78 is 10.2. The van der Waals surface area contributed by atoms with Gasteiger partial charge in [0.2, 0.25) is 5.13 Å². The number of hydrogen-bond acceptors (Lipinski definition) is 5. The van der Waals surface area contributed by atoms with E-state index < -0.39 is 0 Å². The number of methoxy groups -OCH3 is 1. The zero-order valence-electron chi connectivity index (χ0n) is 9.31. The Bertz CT molecular complexity index is 489. The van der Waals surface area contributed by atoms with E-state index in [0.717, 1.165) is 16.1 Å². The number of rotatable bonds is 5. The first kappa shape index (κ1) is 12.5. The van der Waals surface area contributed by atoms with Gasteiger partial charge in [-0.25, -0.2) is 4.98 Å². The van der Waals surface area contributed by atoms with Crippen LogP contribution >= 0.6 is 27.5 Å². The molecule has 2 aromatic rings. The lowest BCUT2D eigenvalue weighted by molar-refractivity contribution is 0.179. The normalized spacial score (nSPS) is 10.5. The van der Waals surface area contributed by atoms with Gasteiger partial charge in [-0.3, -0.25) is 0 Å². The second kappa shape index (κ2) is 6.09. The summed E-state index contributed by atoms with van der Waals surface area (Å²) in [4.78, 5) is 4.30. The quantitative estimate of drug-likeness (QED) is 0.921. The molecule has 17 heavy (non-hydrogen) atoms. The minimum absolute atomic E-state index is 0.453. The Morgan fingerprint density at radius 2 is 2.35 bits per heavy atom. The van der Waals surface area contributed by atoms with Crippen LogP contribution in [0.3, 0.4) is 0 Å². The molecule has 0 aliphatic rings. The summed E-state index contributed by atoms with van der Waals surface area (Å²) in [6.07, 6.45) is 0. The zero-order valence-corrected chi connectivity index (χ0v) is 11.7. The van der Waals surface area contributed by atoms with E-state index in [2.05, 4.69) is 42.7 Å². The number of aromatic nitrogens is 2. The van der Waals surface area contributed by atoms with Crippen LogP contribution in [0, 0.1) is 0 Å². The van der Waals surface area contributed by atoms with E-state index in [1.54, 1.807) is 7.11 Å². The molecule has 1 aromatic heterocycles. The molecule has 0 radical (unpaired) electrons. The van der Waals surface area contributed by atoms with Gasteiger partial charge in [-0.2, -0.15) is 4.37 Å². The average Bonchev–Trinajstić information content (AvgIpc) is 2.75. The van der Waals surface area contributed by atoms with Crippen molar-refractivity contribution < 1.29 is 4.74 Å². The Hall–Kier alpha value is -0.980. The number of nitrogens with one attached hydrogen (secondary N) is 1. The van der Waals surface area contributed by atoms with Crippen molar-refractivity contribution in [1.29, 1.82) is 0 Å². The monoisotopic (exact) mass is 313 g/mol. The highest BCUT2D eigenvalue weighted by Gasteiger charge is 2.03. The summed E-state index contributed by atoms with van der Waals surface area (Å²) >= 11 is 4.79. The molecule has 2 rings (SSSR count). The van der Waals surface area contributed by atoms with E-state index in [-0.39, 0.29) is 0 Å². The highest BCUT2D eigenvalue weighted by Crippen LogP contribution is 2.15. The molecule has 1 heterocycles. The lowest BCUT2D eigenvalue weighted by Gasteiger charge is -2.02. The second-order valence-corrected chi connectivity index (χ2v) is 5.10. The third kappa shape index (κ3) is 3.76. The molecule has 1 aromatic carbocycles. The number of anilines is 1. The number of benzene rings is 1. The second-order valence-electron chi connectivity index (χ2n) is 3.43. The standard InChI is InChI=1S/C11H12BrN3OS/c1-16-7-10-14-11(17-15-10)13-6-8-3-2-4-9(12)5-8/h2-5H,6-7H2,1H3,(H,13,14,15). The van der Waals surface area contributed by atoms with Gasteiger partial charge in [0.1, 0.15) is 6.61 Å². The average molecular weight is 314 g/mol. The van der Waals surface area contributed by atoms with Crippen LogP contribution in [0.4, 0.5) is 5.13 Å². The van der Waals surface area contributed by atoms with Gasteiger partial charge in [0.05, 0.1) is 0 Å². The van der Waals surface area contributed by atoms with Crippen LogP contribution in [0.25, 0.3) is 0 Å². The highest BCUT2D eigenvalue weighted by molar-refractivity contribution is 9.10. The molecule has 0 saturated carbocycles. The summed E-state index contributed by atoms with van der Waals surface area (Å²) in [5, 5.41) is 4.05. The number of ether oxygens (including phenoxy) is 1. The molecule has 6 heteroatoms. The van der Waals surface area contributed by atoms with Crippen molar-refractivity contribution in [2.45, 2.75) is 13.2 Å². The van der Waals surface area contributed by atoms with Crippen LogP contribution in [0.1, 0.15) is 11.4 Å². The summed E-state index contributed by atoms with van der Waals surface area (Å²) in [5.41, 5.74) is 1.20. The van der Waals surface area contributed by atoms with Crippen LogP contribution in [0.15, 0.2) is 28.7 Å². The maximum absolute atomic E-state index is 4.97. The van der Waals surface area contributed by atoms with E-state index in [1.807, 2.05) is 12.1 Å². The summed E-state index contributed by atoms with van der Waals surface area (Å²) in [7, 11) is 1.63. The van der Waals surface area contributed by atoms with Gasteiger partial charge in [-0.1, -0.05) is 28.1 Å². The molecule has 90 valence electrons. The zero-order chi connectivity index (χ0) is 12.1. The molecule has 0 aliphatic heterocycles. The molecule has 0 amide bonds. The molecular weight excluding hydrogens is 302 g/mol. The Morgan fingerprint density at radius 1 is 1.47 bits per heavy atom. The van der Waals surface area contributed by atoms with Crippen molar-refractivity contribution in [2.24, 2.45) is 0 Å². The molecule has 0 aliphatic carbocycles. The predicted octanol–water partition coefficient (Wildman–Crippen LogP) is 3.06. The summed E-state index contributed by atoms with van der Waals surface area (Å²) in [6.45, 7) is 1.19. The SMILES string of the molecule is COCc1nsc(NCc2cccc(Br)c2)n1. The number of hydrogen-bond donors (Lipinski definition) is 1. The molecule has 1 N–H and O–H groups in total. The van der Waals surface area contributed by atoms with Crippen LogP contribution < -0.4 is 5.32 Å². The first-order chi connectivity index (χ1) is 8.28. The fourth-order valence-electron chi connectivity index (χ4n) is 1.34. The van der Waals surface area contributed by atoms with Crippen molar-refractivity contribution in [2.75, 3.05) is 12.4 Å². The molecule has 0 bridgehead atoms. The third-order valence-corrected chi connectivity index (χ3v) is 3.28. The predicted molar refractivity (Wildman–Crippen MR) is 72.1 cm³/mol. The topological polar surface area (TPSA) is 47.0 Å². The van der Waals surface area contributed by atoms with Gasteiger partial charge in [0.25, 0.3) is 0 Å². The van der Waals surface area contributed by atoms with Crippen molar-refractivity contribution in [3.8, 4) is 0 Å². The molecule has 0 fully saturated rings. The smallest absolute Gasteiger partial charge is 0.202 e. The van der Waals surface area contributed by atoms with Crippen LogP contribution in [-0.2, 0) is 17.9 Å². The lowest BCUT2D eigenvalue weighted by Crippen LogP contribution is -1.99. The van der Waals surface area contributed by atoms with Gasteiger partial charge >= 0.3 is 0 Å². The van der Waals surface area contributed by atoms with Crippen molar-refractivity contribution in [3.05, 3.63) is 40.1 Å². The molecular formula is C11H12BrN3OS. The third-order valence-electron chi connectivity index (χ3n) is 2.07. The van der Waals surface area contributed by atoms with Crippen molar-refractivity contribution >= 4 is 32.6 Å². The summed E-state index contributed by atoms with van der Waals surface area (Å²) in [6, 6.07) is 8.15. The first-order valence-corrected chi connectivity index (χ1v) is 6.64. The van der Waals surface area contributed by atoms with E-state index >= 15 is 0 Å². The van der Waals surface area contributed by atoms with E-state index in [1.165, 1.54) is 17.1 Å². The van der Waals surface area contributed by atoms with Crippen LogP contribution in [0.2, 0.25) is 0 Å². The summed E-state index contributed by atoms with van der Waals surface area (Å²) in [5.74, 6) is 0.717. The molecule has 0 saturated heterocycles. The van der Waals surface area contributed by atoms with Gasteiger partial charge < -0.3 is 10.1 Å². The molecule has 4 nitrogen and oxygen atoms in total. The maximum Gasteiger partial charge on any atom is 0.202 e. The highest BCUT2D eigenvalue weighted by atomic mass is 79.9. The Balaban J connectivity index is 1.93. The van der Waals surface area contributed by atoms with E-state index in [4.69, 9.17) is 4.74 Å². The largest absolute Gasteiger partial charge is 0.377 e. The fraction of sp³-hybridized carbons (Fsp3) is 0.273. The van der Waals surface area contributed by atoms with E-state index in [0.29, 0.717) is 12.4 Å². The van der Waals surface area contributed by atoms with Crippen molar-refractivity contribution in [1.82, 2.24) is 9.36 Å². The Kier molecular flexibility index (Phi) is 4.47. The minimum Gasteiger partial charge on any atom is -0.377 e. The minimum atomic E-state index is 0.453. The number of halogens is 1. The maximum atomic E-state index is 4.97. The van der Waals surface area contributed by atoms with Gasteiger partial charge in [-0.15, -0.1) is 0 Å². The Morgan fingerprint density at radius 3 is 3.12 bits per heavy atom. The van der Waals surface area contributed by atoms with Gasteiger partial charge in [0.15, 0.2) is 5.82 Å². The molecule has 0 unspecified atom stereocenters. The Labute approximate surface area is 112 Å². The van der Waals surface area contributed by atoms with Gasteiger partial charge in [-0.05, 0) is 17.7 Å². The molecule has 0 atom stereocenters. The van der Waals surface area contributed by atoms with Crippen LogP contribution in [0.5, 0.6) is 0 Å².